The Bertz CT molecular complexity index is 399. The van der Waals surface area contributed by atoms with Gasteiger partial charge < -0.3 is 9.90 Å². The van der Waals surface area contributed by atoms with Crippen molar-refractivity contribution in [3.63, 3.8) is 0 Å². The van der Waals surface area contributed by atoms with Crippen LogP contribution >= 0.6 is 0 Å². The number of aromatic carboxylic acids is 1. The topological polar surface area (TPSA) is 40.1 Å². The molecule has 1 rings (SSSR count). The average Bonchev–Trinajstić information content (AvgIpc) is 2.14. The van der Waals surface area contributed by atoms with Gasteiger partial charge in [-0.1, -0.05) is 58.9 Å². The maximum atomic E-state index is 10.7. The van der Waals surface area contributed by atoms with Gasteiger partial charge in [-0.25, -0.2) is 0 Å². The van der Waals surface area contributed by atoms with Crippen molar-refractivity contribution in [2.24, 2.45) is 5.41 Å². The molecule has 1 aromatic rings. The molecule has 0 aliphatic carbocycles. The zero-order chi connectivity index (χ0) is 13.3. The van der Waals surface area contributed by atoms with Crippen LogP contribution in [-0.2, 0) is 5.41 Å². The number of hydrogen-bond donors (Lipinski definition) is 0. The van der Waals surface area contributed by atoms with E-state index in [4.69, 9.17) is 0 Å². The minimum Gasteiger partial charge on any atom is -0.545 e. The van der Waals surface area contributed by atoms with E-state index >= 15 is 0 Å². The van der Waals surface area contributed by atoms with Gasteiger partial charge in [-0.2, -0.15) is 0 Å². The van der Waals surface area contributed by atoms with Gasteiger partial charge in [0.05, 0.1) is 5.97 Å². The van der Waals surface area contributed by atoms with Gasteiger partial charge in [-0.15, -0.1) is 0 Å². The van der Waals surface area contributed by atoms with Crippen LogP contribution in [-0.4, -0.2) is 5.97 Å². The van der Waals surface area contributed by atoms with Crippen molar-refractivity contribution in [3.8, 4) is 0 Å². The standard InChI is InChI=1S/C15H22O2.Na/c1-14(2,3)10-15(4,5)12-8-6-11(7-9-12)13(16)17;/h6-9H,10H2,1-5H3,(H,16,17);/q;+1/p-1. The molecular weight excluding hydrogens is 235 g/mol. The molecule has 0 aliphatic heterocycles. The van der Waals surface area contributed by atoms with Gasteiger partial charge in [0.1, 0.15) is 0 Å². The number of rotatable bonds is 3. The summed E-state index contributed by atoms with van der Waals surface area (Å²) in [6.45, 7) is 11.0. The van der Waals surface area contributed by atoms with Crippen LogP contribution in [0, 0.1) is 5.41 Å². The number of carbonyl (C=O) groups is 1. The van der Waals surface area contributed by atoms with Gasteiger partial charge in [0, 0.05) is 0 Å². The molecule has 0 unspecified atom stereocenters. The van der Waals surface area contributed by atoms with Crippen LogP contribution in [0.1, 0.15) is 57.0 Å². The Morgan fingerprint density at radius 2 is 1.50 bits per heavy atom. The minimum absolute atomic E-state index is 0. The molecule has 0 radical (unpaired) electrons. The van der Waals surface area contributed by atoms with Crippen molar-refractivity contribution in [3.05, 3.63) is 35.4 Å². The molecule has 0 amide bonds. The number of carbonyl (C=O) groups excluding carboxylic acids is 1. The van der Waals surface area contributed by atoms with Crippen LogP contribution in [0.2, 0.25) is 0 Å². The summed E-state index contributed by atoms with van der Waals surface area (Å²) in [6, 6.07) is 7.01. The summed E-state index contributed by atoms with van der Waals surface area (Å²) in [5, 5.41) is 10.7. The first kappa shape index (κ1) is 17.7. The summed E-state index contributed by atoms with van der Waals surface area (Å²) in [7, 11) is 0. The molecule has 0 fully saturated rings. The van der Waals surface area contributed by atoms with Crippen LogP contribution in [0.4, 0.5) is 0 Å². The zero-order valence-corrected chi connectivity index (χ0v) is 14.3. The second kappa shape index (κ2) is 6.23. The van der Waals surface area contributed by atoms with E-state index in [-0.39, 0.29) is 46.0 Å². The first-order valence-electron chi connectivity index (χ1n) is 5.94. The van der Waals surface area contributed by atoms with Crippen LogP contribution in [0.15, 0.2) is 24.3 Å². The molecule has 1 aromatic carbocycles. The zero-order valence-electron chi connectivity index (χ0n) is 12.3. The normalized spacial score (nSPS) is 11.8. The van der Waals surface area contributed by atoms with Crippen molar-refractivity contribution < 1.29 is 39.5 Å². The Hall–Kier alpha value is -0.310. The Labute approximate surface area is 132 Å². The molecule has 3 heteroatoms. The largest absolute Gasteiger partial charge is 1.00 e. The predicted molar refractivity (Wildman–Crippen MR) is 67.9 cm³/mol. The molecule has 0 bridgehead atoms. The summed E-state index contributed by atoms with van der Waals surface area (Å²) in [5.41, 5.74) is 1.69. The van der Waals surface area contributed by atoms with Crippen molar-refractivity contribution in [1.82, 2.24) is 0 Å². The predicted octanol–water partition coefficient (Wildman–Crippen LogP) is -0.232. The van der Waals surface area contributed by atoms with Gasteiger partial charge >= 0.3 is 29.6 Å². The van der Waals surface area contributed by atoms with E-state index in [0.717, 1.165) is 12.0 Å². The van der Waals surface area contributed by atoms with Gasteiger partial charge in [0.2, 0.25) is 0 Å². The molecule has 0 heterocycles. The number of carboxylic acids is 1. The first-order chi connectivity index (χ1) is 7.62. The first-order valence-corrected chi connectivity index (χ1v) is 5.94. The monoisotopic (exact) mass is 256 g/mol. The number of benzene rings is 1. The second-order valence-corrected chi connectivity index (χ2v) is 6.49. The van der Waals surface area contributed by atoms with Crippen molar-refractivity contribution in [2.45, 2.75) is 46.5 Å². The van der Waals surface area contributed by atoms with E-state index in [1.165, 1.54) is 0 Å². The van der Waals surface area contributed by atoms with Crippen molar-refractivity contribution >= 4 is 5.97 Å². The summed E-state index contributed by atoms with van der Waals surface area (Å²) < 4.78 is 0. The number of hydrogen-bond acceptors (Lipinski definition) is 2. The third-order valence-electron chi connectivity index (χ3n) is 2.87. The molecular formula is C15H21NaO2. The molecule has 0 spiro atoms. The van der Waals surface area contributed by atoms with Gasteiger partial charge in [-0.05, 0) is 28.4 Å². The summed E-state index contributed by atoms with van der Waals surface area (Å²) in [4.78, 5) is 10.7. The molecule has 18 heavy (non-hydrogen) atoms. The van der Waals surface area contributed by atoms with Crippen molar-refractivity contribution in [2.75, 3.05) is 0 Å². The van der Waals surface area contributed by atoms with Crippen molar-refractivity contribution in [1.29, 1.82) is 0 Å². The van der Waals surface area contributed by atoms with Gasteiger partial charge in [0.25, 0.3) is 0 Å². The van der Waals surface area contributed by atoms with Crippen LogP contribution in [0.5, 0.6) is 0 Å². The van der Waals surface area contributed by atoms with Crippen LogP contribution in [0.3, 0.4) is 0 Å². The summed E-state index contributed by atoms with van der Waals surface area (Å²) in [5.74, 6) is -1.12. The van der Waals surface area contributed by atoms with Crippen LogP contribution in [0.25, 0.3) is 0 Å². The third-order valence-corrected chi connectivity index (χ3v) is 2.87. The molecule has 94 valence electrons. The summed E-state index contributed by atoms with van der Waals surface area (Å²) in [6.07, 6.45) is 1.05. The molecule has 0 atom stereocenters. The maximum absolute atomic E-state index is 10.7. The van der Waals surface area contributed by atoms with E-state index in [2.05, 4.69) is 34.6 Å². The Morgan fingerprint density at radius 3 is 1.83 bits per heavy atom. The Kier molecular flexibility index (Phi) is 6.12. The van der Waals surface area contributed by atoms with Gasteiger partial charge in [0.15, 0.2) is 0 Å². The Morgan fingerprint density at radius 1 is 1.06 bits per heavy atom. The van der Waals surface area contributed by atoms with E-state index in [1.807, 2.05) is 12.1 Å². The molecule has 0 aliphatic rings. The van der Waals surface area contributed by atoms with E-state index in [0.29, 0.717) is 0 Å². The molecule has 0 aromatic heterocycles. The fraction of sp³-hybridized carbons (Fsp3) is 0.533. The molecule has 0 saturated heterocycles. The third kappa shape index (κ3) is 5.13. The Balaban J connectivity index is 0.00000289. The fourth-order valence-electron chi connectivity index (χ4n) is 2.49. The van der Waals surface area contributed by atoms with Crippen LogP contribution < -0.4 is 34.7 Å². The molecule has 2 nitrogen and oxygen atoms in total. The van der Waals surface area contributed by atoms with Gasteiger partial charge in [-0.3, -0.25) is 0 Å². The molecule has 0 saturated carbocycles. The molecule has 0 N–H and O–H groups in total. The number of carboxylic acid groups (broad SMARTS) is 1. The SMILES string of the molecule is CC(C)(C)CC(C)(C)c1ccc(C(=O)[O-])cc1.[Na+]. The average molecular weight is 256 g/mol. The second-order valence-electron chi connectivity index (χ2n) is 6.49. The van der Waals surface area contributed by atoms with E-state index in [9.17, 15) is 9.90 Å². The summed E-state index contributed by atoms with van der Waals surface area (Å²) >= 11 is 0. The smallest absolute Gasteiger partial charge is 0.545 e. The van der Waals surface area contributed by atoms with E-state index in [1.54, 1.807) is 12.1 Å². The maximum Gasteiger partial charge on any atom is 1.00 e. The fourth-order valence-corrected chi connectivity index (χ4v) is 2.49. The minimum atomic E-state index is -1.12. The van der Waals surface area contributed by atoms with E-state index < -0.39 is 5.97 Å². The quantitative estimate of drug-likeness (QED) is 0.701.